The zero-order valence-corrected chi connectivity index (χ0v) is 11.5. The molecule has 0 radical (unpaired) electrons. The Kier molecular flexibility index (Phi) is 4.76. The third kappa shape index (κ3) is 3.81. The fourth-order valence-corrected chi connectivity index (χ4v) is 2.53. The summed E-state index contributed by atoms with van der Waals surface area (Å²) in [6.45, 7) is 5.23. The van der Waals surface area contributed by atoms with Crippen LogP contribution in [0.15, 0.2) is 18.2 Å². The largest absolute Gasteiger partial charge is 0.310 e. The van der Waals surface area contributed by atoms with Crippen molar-refractivity contribution < 1.29 is 4.39 Å². The zero-order valence-electron chi connectivity index (χ0n) is 11.5. The van der Waals surface area contributed by atoms with Gasteiger partial charge < -0.3 is 5.32 Å². The van der Waals surface area contributed by atoms with Crippen LogP contribution >= 0.6 is 0 Å². The van der Waals surface area contributed by atoms with Crippen LogP contribution in [0.5, 0.6) is 0 Å². The molecule has 1 aliphatic carbocycles. The molecule has 1 nitrogen and oxygen atoms in total. The summed E-state index contributed by atoms with van der Waals surface area (Å²) in [5, 5.41) is 3.61. The molecule has 2 rings (SSSR count). The lowest BCUT2D eigenvalue weighted by Crippen LogP contribution is -2.23. The molecule has 1 saturated carbocycles. The second kappa shape index (κ2) is 6.33. The SMILES string of the molecule is CCCNC(CCC1CC1)c1ccc(F)cc1C. The Bertz CT molecular complexity index is 385. The number of hydrogen-bond acceptors (Lipinski definition) is 1. The Morgan fingerprint density at radius 2 is 2.17 bits per heavy atom. The second-order valence-corrected chi connectivity index (χ2v) is 5.53. The summed E-state index contributed by atoms with van der Waals surface area (Å²) >= 11 is 0. The third-order valence-corrected chi connectivity index (χ3v) is 3.81. The number of benzene rings is 1. The smallest absolute Gasteiger partial charge is 0.123 e. The highest BCUT2D eigenvalue weighted by Gasteiger charge is 2.23. The molecule has 0 aromatic heterocycles. The van der Waals surface area contributed by atoms with Gasteiger partial charge in [0.15, 0.2) is 0 Å². The molecule has 0 saturated heterocycles. The minimum absolute atomic E-state index is 0.132. The third-order valence-electron chi connectivity index (χ3n) is 3.81. The Balaban J connectivity index is 2.04. The number of halogens is 1. The predicted molar refractivity (Wildman–Crippen MR) is 74.1 cm³/mol. The maximum absolute atomic E-state index is 13.2. The van der Waals surface area contributed by atoms with E-state index in [1.165, 1.54) is 31.2 Å². The van der Waals surface area contributed by atoms with Crippen molar-refractivity contribution in [2.45, 2.75) is 52.0 Å². The van der Waals surface area contributed by atoms with E-state index in [1.54, 1.807) is 12.1 Å². The summed E-state index contributed by atoms with van der Waals surface area (Å²) in [4.78, 5) is 0. The van der Waals surface area contributed by atoms with Gasteiger partial charge in [-0.1, -0.05) is 25.8 Å². The van der Waals surface area contributed by atoms with Crippen LogP contribution in [-0.4, -0.2) is 6.54 Å². The van der Waals surface area contributed by atoms with Gasteiger partial charge in [0.05, 0.1) is 0 Å². The number of nitrogens with one attached hydrogen (secondary N) is 1. The molecule has 1 aliphatic rings. The molecule has 0 aliphatic heterocycles. The van der Waals surface area contributed by atoms with E-state index in [0.29, 0.717) is 6.04 Å². The lowest BCUT2D eigenvalue weighted by molar-refractivity contribution is 0.467. The van der Waals surface area contributed by atoms with Gasteiger partial charge in [0.25, 0.3) is 0 Å². The number of rotatable bonds is 7. The minimum atomic E-state index is -0.132. The van der Waals surface area contributed by atoms with Crippen molar-refractivity contribution >= 4 is 0 Å². The maximum atomic E-state index is 13.2. The molecule has 18 heavy (non-hydrogen) atoms. The molecule has 1 unspecified atom stereocenters. The molecular formula is C16H24FN. The van der Waals surface area contributed by atoms with Gasteiger partial charge in [0, 0.05) is 6.04 Å². The van der Waals surface area contributed by atoms with Gasteiger partial charge in [-0.25, -0.2) is 4.39 Å². The summed E-state index contributed by atoms with van der Waals surface area (Å²) in [5.41, 5.74) is 2.34. The van der Waals surface area contributed by atoms with Crippen LogP contribution in [0.2, 0.25) is 0 Å². The lowest BCUT2D eigenvalue weighted by atomic mass is 9.96. The molecule has 0 spiro atoms. The van der Waals surface area contributed by atoms with E-state index in [4.69, 9.17) is 0 Å². The van der Waals surface area contributed by atoms with Gasteiger partial charge in [-0.3, -0.25) is 0 Å². The van der Waals surface area contributed by atoms with Crippen LogP contribution in [0.3, 0.4) is 0 Å². The van der Waals surface area contributed by atoms with Crippen LogP contribution in [0.1, 0.15) is 56.2 Å². The first-order valence-electron chi connectivity index (χ1n) is 7.20. The molecular weight excluding hydrogens is 225 g/mol. The Labute approximate surface area is 110 Å². The Morgan fingerprint density at radius 1 is 1.39 bits per heavy atom. The summed E-state index contributed by atoms with van der Waals surface area (Å²) in [5.74, 6) is 0.823. The van der Waals surface area contributed by atoms with E-state index in [0.717, 1.165) is 24.4 Å². The summed E-state index contributed by atoms with van der Waals surface area (Å²) < 4.78 is 13.2. The monoisotopic (exact) mass is 249 g/mol. The fourth-order valence-electron chi connectivity index (χ4n) is 2.53. The predicted octanol–water partition coefficient (Wildman–Crippen LogP) is 4.37. The van der Waals surface area contributed by atoms with Gasteiger partial charge in [-0.2, -0.15) is 0 Å². The quantitative estimate of drug-likeness (QED) is 0.757. The number of aryl methyl sites for hydroxylation is 1. The van der Waals surface area contributed by atoms with Crippen molar-refractivity contribution in [1.29, 1.82) is 0 Å². The van der Waals surface area contributed by atoms with Crippen molar-refractivity contribution in [3.63, 3.8) is 0 Å². The molecule has 0 amide bonds. The van der Waals surface area contributed by atoms with Crippen LogP contribution in [0.25, 0.3) is 0 Å². The highest BCUT2D eigenvalue weighted by atomic mass is 19.1. The Hall–Kier alpha value is -0.890. The van der Waals surface area contributed by atoms with Crippen molar-refractivity contribution in [2.75, 3.05) is 6.54 Å². The first-order valence-corrected chi connectivity index (χ1v) is 7.20. The fraction of sp³-hybridized carbons (Fsp3) is 0.625. The standard InChI is InChI=1S/C16H24FN/c1-3-10-18-16(9-6-13-4-5-13)15-8-7-14(17)11-12(15)2/h7-8,11,13,16,18H,3-6,9-10H2,1-2H3. The first kappa shape index (κ1) is 13.5. The van der Waals surface area contributed by atoms with E-state index in [2.05, 4.69) is 12.2 Å². The summed E-state index contributed by atoms with van der Waals surface area (Å²) in [6.07, 6.45) is 6.43. The molecule has 0 heterocycles. The normalized spacial score (nSPS) is 16.8. The molecule has 1 atom stereocenters. The lowest BCUT2D eigenvalue weighted by Gasteiger charge is -2.21. The van der Waals surface area contributed by atoms with E-state index in [1.807, 2.05) is 13.0 Å². The topological polar surface area (TPSA) is 12.0 Å². The highest BCUT2D eigenvalue weighted by molar-refractivity contribution is 5.29. The molecule has 1 fully saturated rings. The van der Waals surface area contributed by atoms with E-state index in [-0.39, 0.29) is 5.82 Å². The summed E-state index contributed by atoms with van der Waals surface area (Å²) in [6, 6.07) is 5.57. The van der Waals surface area contributed by atoms with Crippen LogP contribution in [0, 0.1) is 18.7 Å². The molecule has 100 valence electrons. The molecule has 2 heteroatoms. The van der Waals surface area contributed by atoms with Crippen LogP contribution in [-0.2, 0) is 0 Å². The van der Waals surface area contributed by atoms with Crippen molar-refractivity contribution in [1.82, 2.24) is 5.32 Å². The van der Waals surface area contributed by atoms with Crippen molar-refractivity contribution in [3.05, 3.63) is 35.1 Å². The van der Waals surface area contributed by atoms with Gasteiger partial charge in [-0.05, 0) is 61.9 Å². The maximum Gasteiger partial charge on any atom is 0.123 e. The average Bonchev–Trinajstić information content (AvgIpc) is 3.14. The van der Waals surface area contributed by atoms with Gasteiger partial charge in [0.1, 0.15) is 5.82 Å². The number of hydrogen-bond donors (Lipinski definition) is 1. The highest BCUT2D eigenvalue weighted by Crippen LogP contribution is 2.36. The first-order chi connectivity index (χ1) is 8.70. The minimum Gasteiger partial charge on any atom is -0.310 e. The van der Waals surface area contributed by atoms with Crippen LogP contribution < -0.4 is 5.32 Å². The zero-order chi connectivity index (χ0) is 13.0. The van der Waals surface area contributed by atoms with Crippen LogP contribution in [0.4, 0.5) is 4.39 Å². The molecule has 1 aromatic carbocycles. The van der Waals surface area contributed by atoms with Gasteiger partial charge >= 0.3 is 0 Å². The Morgan fingerprint density at radius 3 is 2.78 bits per heavy atom. The summed E-state index contributed by atoms with van der Waals surface area (Å²) in [7, 11) is 0. The van der Waals surface area contributed by atoms with E-state index in [9.17, 15) is 4.39 Å². The van der Waals surface area contributed by atoms with E-state index >= 15 is 0 Å². The van der Waals surface area contributed by atoms with Gasteiger partial charge in [-0.15, -0.1) is 0 Å². The van der Waals surface area contributed by atoms with E-state index < -0.39 is 0 Å². The molecule has 0 bridgehead atoms. The van der Waals surface area contributed by atoms with Gasteiger partial charge in [0.2, 0.25) is 0 Å². The molecule has 1 N–H and O–H groups in total. The average molecular weight is 249 g/mol. The van der Waals surface area contributed by atoms with Crippen molar-refractivity contribution in [3.8, 4) is 0 Å². The second-order valence-electron chi connectivity index (χ2n) is 5.53. The van der Waals surface area contributed by atoms with Crippen molar-refractivity contribution in [2.24, 2.45) is 5.92 Å². The molecule has 1 aromatic rings.